The van der Waals surface area contributed by atoms with Crippen molar-refractivity contribution in [2.45, 2.75) is 26.0 Å². The number of hydrogen-bond donors (Lipinski definition) is 2. The fourth-order valence-electron chi connectivity index (χ4n) is 3.52. The Morgan fingerprint density at radius 3 is 2.67 bits per heavy atom. The number of alkyl halides is 2. The third kappa shape index (κ3) is 5.06. The van der Waals surface area contributed by atoms with Crippen LogP contribution in [0.25, 0.3) is 5.69 Å². The van der Waals surface area contributed by atoms with E-state index in [2.05, 4.69) is 31.1 Å². The predicted octanol–water partition coefficient (Wildman–Crippen LogP) is 1.41. The molecule has 0 aliphatic carbocycles. The van der Waals surface area contributed by atoms with Crippen molar-refractivity contribution >= 4 is 11.7 Å². The van der Waals surface area contributed by atoms with Crippen LogP contribution in [0.4, 0.5) is 14.6 Å². The number of amides is 1. The van der Waals surface area contributed by atoms with Gasteiger partial charge in [-0.15, -0.1) is 15.3 Å². The van der Waals surface area contributed by atoms with E-state index < -0.39 is 6.43 Å². The lowest BCUT2D eigenvalue weighted by molar-refractivity contribution is -0.122. The molecule has 1 fully saturated rings. The summed E-state index contributed by atoms with van der Waals surface area (Å²) in [4.78, 5) is 13.9. The fourth-order valence-corrected chi connectivity index (χ4v) is 3.52. The first-order chi connectivity index (χ1) is 16.0. The van der Waals surface area contributed by atoms with Crippen LogP contribution in [-0.2, 0) is 11.4 Å². The number of nitrogens with one attached hydrogen (secondary N) is 2. The van der Waals surface area contributed by atoms with E-state index in [9.17, 15) is 13.6 Å². The second-order valence-corrected chi connectivity index (χ2v) is 7.51. The molecule has 12 heteroatoms. The summed E-state index contributed by atoms with van der Waals surface area (Å²) in [5, 5.41) is 22.4. The third-order valence-electron chi connectivity index (χ3n) is 5.39. The molecule has 33 heavy (non-hydrogen) atoms. The molecule has 174 valence electrons. The molecule has 0 bridgehead atoms. The number of aryl methyl sites for hydroxylation is 1. The Kier molecular flexibility index (Phi) is 6.73. The van der Waals surface area contributed by atoms with Crippen LogP contribution in [0.15, 0.2) is 36.4 Å². The average molecular weight is 458 g/mol. The molecule has 3 aromatic rings. The Balaban J connectivity index is 1.42. The van der Waals surface area contributed by atoms with Gasteiger partial charge in [-0.2, -0.15) is 0 Å². The van der Waals surface area contributed by atoms with Gasteiger partial charge in [-0.25, -0.2) is 13.5 Å². The van der Waals surface area contributed by atoms with Gasteiger partial charge >= 0.3 is 0 Å². The fraction of sp³-hybridized carbons (Fsp3) is 0.381. The van der Waals surface area contributed by atoms with Gasteiger partial charge in [0.25, 0.3) is 6.43 Å². The molecule has 0 spiro atoms. The molecule has 10 nitrogen and oxygen atoms in total. The summed E-state index contributed by atoms with van der Waals surface area (Å²) in [6, 6.07) is 9.03. The minimum Gasteiger partial charge on any atom is -0.470 e. The summed E-state index contributed by atoms with van der Waals surface area (Å²) in [5.74, 6) is 0.897. The number of rotatable bonds is 7. The summed E-state index contributed by atoms with van der Waals surface area (Å²) < 4.78 is 33.0. The van der Waals surface area contributed by atoms with Gasteiger partial charge in [0.1, 0.15) is 18.3 Å². The zero-order valence-corrected chi connectivity index (χ0v) is 18.2. The SMILES string of the molecule is CNC(=O)[C@@H]1CN(c2ccc(OCc3c(C)nnn3-c3ccc(C(F)F)cc3)nn2)CCN1. The molecule has 1 aromatic carbocycles. The highest BCUT2D eigenvalue weighted by Gasteiger charge is 2.25. The summed E-state index contributed by atoms with van der Waals surface area (Å²) in [7, 11) is 1.61. The van der Waals surface area contributed by atoms with Gasteiger partial charge in [0.2, 0.25) is 11.8 Å². The molecule has 2 aromatic heterocycles. The van der Waals surface area contributed by atoms with E-state index in [4.69, 9.17) is 4.74 Å². The quantitative estimate of drug-likeness (QED) is 0.547. The number of carbonyl (C=O) groups is 1. The first-order valence-corrected chi connectivity index (χ1v) is 10.4. The van der Waals surface area contributed by atoms with Gasteiger partial charge in [-0.05, 0) is 25.1 Å². The van der Waals surface area contributed by atoms with E-state index in [-0.39, 0.29) is 24.1 Å². The average Bonchev–Trinajstić information content (AvgIpc) is 3.22. The lowest BCUT2D eigenvalue weighted by atomic mass is 10.2. The van der Waals surface area contributed by atoms with Crippen LogP contribution < -0.4 is 20.3 Å². The summed E-state index contributed by atoms with van der Waals surface area (Å²) >= 11 is 0. The molecular formula is C21H24F2N8O2. The maximum atomic E-state index is 12.8. The van der Waals surface area contributed by atoms with E-state index in [0.717, 1.165) is 0 Å². The maximum Gasteiger partial charge on any atom is 0.263 e. The summed E-state index contributed by atoms with van der Waals surface area (Å²) in [6.45, 7) is 3.76. The second-order valence-electron chi connectivity index (χ2n) is 7.51. The normalized spacial score (nSPS) is 16.2. The van der Waals surface area contributed by atoms with Crippen LogP contribution >= 0.6 is 0 Å². The molecule has 0 radical (unpaired) electrons. The zero-order valence-electron chi connectivity index (χ0n) is 18.2. The van der Waals surface area contributed by atoms with Crippen molar-refractivity contribution in [1.82, 2.24) is 35.8 Å². The van der Waals surface area contributed by atoms with E-state index >= 15 is 0 Å². The Labute approximate surface area is 188 Å². The second kappa shape index (κ2) is 9.86. The molecule has 0 unspecified atom stereocenters. The van der Waals surface area contributed by atoms with E-state index in [1.807, 2.05) is 4.90 Å². The highest BCUT2D eigenvalue weighted by molar-refractivity contribution is 5.82. The first-order valence-electron chi connectivity index (χ1n) is 10.4. The summed E-state index contributed by atoms with van der Waals surface area (Å²) in [5.41, 5.74) is 1.86. The minimum absolute atomic E-state index is 0.0603. The topological polar surface area (TPSA) is 110 Å². The molecule has 4 rings (SSSR count). The van der Waals surface area contributed by atoms with Gasteiger partial charge in [0.15, 0.2) is 5.82 Å². The highest BCUT2D eigenvalue weighted by atomic mass is 19.3. The summed E-state index contributed by atoms with van der Waals surface area (Å²) in [6.07, 6.45) is -2.53. The van der Waals surface area contributed by atoms with Gasteiger partial charge in [0.05, 0.1) is 11.4 Å². The lowest BCUT2D eigenvalue weighted by Crippen LogP contribution is -2.57. The molecule has 0 saturated carbocycles. The van der Waals surface area contributed by atoms with E-state index in [1.54, 1.807) is 42.9 Å². The maximum absolute atomic E-state index is 12.8. The number of piperazine rings is 1. The van der Waals surface area contributed by atoms with Crippen LogP contribution in [0.2, 0.25) is 0 Å². The minimum atomic E-state index is -2.53. The molecule has 1 aliphatic heterocycles. The molecule has 1 saturated heterocycles. The van der Waals surface area contributed by atoms with Crippen molar-refractivity contribution < 1.29 is 18.3 Å². The van der Waals surface area contributed by atoms with E-state index in [0.29, 0.717) is 48.4 Å². The monoisotopic (exact) mass is 458 g/mol. The van der Waals surface area contributed by atoms with Crippen LogP contribution in [0.5, 0.6) is 5.88 Å². The van der Waals surface area contributed by atoms with Crippen molar-refractivity contribution in [3.63, 3.8) is 0 Å². The largest absolute Gasteiger partial charge is 0.470 e. The number of carbonyl (C=O) groups excluding carboxylic acids is 1. The highest BCUT2D eigenvalue weighted by Crippen LogP contribution is 2.22. The predicted molar refractivity (Wildman–Crippen MR) is 115 cm³/mol. The Morgan fingerprint density at radius 2 is 2.00 bits per heavy atom. The van der Waals surface area contributed by atoms with Crippen molar-refractivity contribution in [2.75, 3.05) is 31.6 Å². The number of benzene rings is 1. The van der Waals surface area contributed by atoms with Crippen LogP contribution in [0.3, 0.4) is 0 Å². The molecule has 2 N–H and O–H groups in total. The van der Waals surface area contributed by atoms with E-state index in [1.165, 1.54) is 12.1 Å². The Bertz CT molecular complexity index is 1090. The van der Waals surface area contributed by atoms with Crippen molar-refractivity contribution in [1.29, 1.82) is 0 Å². The standard InChI is InChI=1S/C21H24F2N8O2/c1-13-17(31(29-26-13)15-5-3-14(4-6-15)20(22)23)12-33-19-8-7-18(27-28-19)30-10-9-25-16(11-30)21(32)24-2/h3-8,16,20,25H,9-12H2,1-2H3,(H,24,32)/t16-/m0/s1. The molecular weight excluding hydrogens is 434 g/mol. The van der Waals surface area contributed by atoms with Crippen molar-refractivity contribution in [3.8, 4) is 11.6 Å². The number of likely N-dealkylation sites (N-methyl/N-ethyl adjacent to an activating group) is 1. The molecule has 1 aliphatic rings. The Morgan fingerprint density at radius 1 is 1.21 bits per heavy atom. The van der Waals surface area contributed by atoms with Gasteiger partial charge in [0, 0.05) is 38.3 Å². The number of hydrogen-bond acceptors (Lipinski definition) is 8. The van der Waals surface area contributed by atoms with Crippen molar-refractivity contribution in [2.24, 2.45) is 0 Å². The number of nitrogens with zero attached hydrogens (tertiary/aromatic N) is 6. The number of anilines is 1. The number of ether oxygens (including phenoxy) is 1. The molecule has 3 heterocycles. The number of halogens is 2. The van der Waals surface area contributed by atoms with Gasteiger partial charge < -0.3 is 20.3 Å². The van der Waals surface area contributed by atoms with Crippen LogP contribution in [-0.4, -0.2) is 63.8 Å². The van der Waals surface area contributed by atoms with Crippen molar-refractivity contribution in [3.05, 3.63) is 53.3 Å². The molecule has 1 amide bonds. The Hall–Kier alpha value is -3.67. The van der Waals surface area contributed by atoms with Gasteiger partial charge in [-0.3, -0.25) is 4.79 Å². The van der Waals surface area contributed by atoms with Crippen LogP contribution in [0.1, 0.15) is 23.4 Å². The number of aromatic nitrogens is 5. The third-order valence-corrected chi connectivity index (χ3v) is 5.39. The first kappa shape index (κ1) is 22.5. The smallest absolute Gasteiger partial charge is 0.263 e. The lowest BCUT2D eigenvalue weighted by Gasteiger charge is -2.33. The van der Waals surface area contributed by atoms with Crippen LogP contribution in [0, 0.1) is 6.92 Å². The molecule has 1 atom stereocenters. The zero-order chi connectivity index (χ0) is 23.4. The van der Waals surface area contributed by atoms with Gasteiger partial charge in [-0.1, -0.05) is 17.3 Å².